The zero-order valence-electron chi connectivity index (χ0n) is 11.6. The lowest BCUT2D eigenvalue weighted by Gasteiger charge is -2.00. The van der Waals surface area contributed by atoms with E-state index in [-0.39, 0.29) is 5.91 Å². The maximum absolute atomic E-state index is 11.0. The van der Waals surface area contributed by atoms with Crippen molar-refractivity contribution in [3.05, 3.63) is 66.2 Å². The number of amides is 1. The molecule has 0 aliphatic carbocycles. The van der Waals surface area contributed by atoms with E-state index in [2.05, 4.69) is 10.5 Å². The Balaban J connectivity index is 2.37. The SMILES string of the molecule is CC(=O)N/N=C(\C=[N+](/O)c1ccccc1)c1ccccc1. The van der Waals surface area contributed by atoms with Gasteiger partial charge in [0.15, 0.2) is 5.71 Å². The van der Waals surface area contributed by atoms with Crippen molar-refractivity contribution in [1.82, 2.24) is 5.43 Å². The van der Waals surface area contributed by atoms with Gasteiger partial charge >= 0.3 is 0 Å². The summed E-state index contributed by atoms with van der Waals surface area (Å²) in [5.74, 6) is -0.277. The highest BCUT2D eigenvalue weighted by Gasteiger charge is 2.11. The topological polar surface area (TPSA) is 64.7 Å². The summed E-state index contributed by atoms with van der Waals surface area (Å²) in [6.45, 7) is 1.38. The third-order valence-corrected chi connectivity index (χ3v) is 2.67. The second-order valence-electron chi connectivity index (χ2n) is 4.34. The van der Waals surface area contributed by atoms with Crippen LogP contribution in [0.2, 0.25) is 0 Å². The molecule has 0 saturated carbocycles. The molecular formula is C16H16N3O2+. The van der Waals surface area contributed by atoms with E-state index >= 15 is 0 Å². The van der Waals surface area contributed by atoms with Gasteiger partial charge < -0.3 is 0 Å². The number of benzene rings is 2. The zero-order valence-corrected chi connectivity index (χ0v) is 11.6. The van der Waals surface area contributed by atoms with E-state index in [0.717, 1.165) is 10.3 Å². The molecule has 0 aliphatic heterocycles. The van der Waals surface area contributed by atoms with E-state index < -0.39 is 0 Å². The first kappa shape index (κ1) is 14.5. The van der Waals surface area contributed by atoms with Crippen LogP contribution < -0.4 is 5.43 Å². The van der Waals surface area contributed by atoms with Crippen LogP contribution >= 0.6 is 0 Å². The summed E-state index contributed by atoms with van der Waals surface area (Å²) < 4.78 is 0.966. The molecule has 106 valence electrons. The molecule has 5 nitrogen and oxygen atoms in total. The number of carbonyl (C=O) groups excluding carboxylic acids is 1. The predicted molar refractivity (Wildman–Crippen MR) is 81.0 cm³/mol. The Morgan fingerprint density at radius 1 is 1.10 bits per heavy atom. The minimum absolute atomic E-state index is 0.277. The second-order valence-corrected chi connectivity index (χ2v) is 4.34. The number of carbonyl (C=O) groups is 1. The van der Waals surface area contributed by atoms with Gasteiger partial charge in [-0.25, -0.2) is 5.43 Å². The largest absolute Gasteiger partial charge is 0.284 e. The Bertz CT molecular complexity index is 664. The van der Waals surface area contributed by atoms with Crippen molar-refractivity contribution >= 4 is 23.5 Å². The van der Waals surface area contributed by atoms with Gasteiger partial charge in [0, 0.05) is 29.4 Å². The van der Waals surface area contributed by atoms with Gasteiger partial charge in [0.2, 0.25) is 5.91 Å². The van der Waals surface area contributed by atoms with Crippen LogP contribution in [-0.2, 0) is 4.79 Å². The number of para-hydroxylation sites is 1. The lowest BCUT2D eigenvalue weighted by Crippen LogP contribution is -2.19. The number of rotatable bonds is 4. The minimum Gasteiger partial charge on any atom is -0.284 e. The van der Waals surface area contributed by atoms with Crippen LogP contribution in [0.25, 0.3) is 0 Å². The number of nitrogens with zero attached hydrogens (tertiary/aromatic N) is 2. The molecule has 0 radical (unpaired) electrons. The van der Waals surface area contributed by atoms with Crippen LogP contribution in [0.15, 0.2) is 65.8 Å². The Morgan fingerprint density at radius 3 is 2.24 bits per heavy atom. The summed E-state index contributed by atoms with van der Waals surface area (Å²) in [4.78, 5) is 11.0. The number of hydrazone groups is 1. The third kappa shape index (κ3) is 4.28. The summed E-state index contributed by atoms with van der Waals surface area (Å²) in [5.41, 5.74) is 4.20. The normalized spacial score (nSPS) is 12.0. The fourth-order valence-corrected chi connectivity index (χ4v) is 1.69. The summed E-state index contributed by atoms with van der Waals surface area (Å²) in [6, 6.07) is 18.3. The molecule has 1 amide bonds. The van der Waals surface area contributed by atoms with E-state index in [4.69, 9.17) is 0 Å². The highest BCUT2D eigenvalue weighted by Crippen LogP contribution is 2.08. The average Bonchev–Trinajstić information content (AvgIpc) is 2.52. The maximum Gasteiger partial charge on any atom is 0.257 e. The first-order chi connectivity index (χ1) is 10.2. The van der Waals surface area contributed by atoms with E-state index in [1.165, 1.54) is 13.1 Å². The highest BCUT2D eigenvalue weighted by molar-refractivity contribution is 6.36. The van der Waals surface area contributed by atoms with Gasteiger partial charge in [0.05, 0.1) is 0 Å². The van der Waals surface area contributed by atoms with Gasteiger partial charge in [0.25, 0.3) is 11.9 Å². The molecule has 2 N–H and O–H groups in total. The van der Waals surface area contributed by atoms with E-state index in [9.17, 15) is 10.0 Å². The Labute approximate surface area is 122 Å². The molecule has 2 rings (SSSR count). The average molecular weight is 282 g/mol. The standard InChI is InChI=1S/C16H15N3O2/c1-13(20)17-18-16(14-8-4-2-5-9-14)12-19(21)15-10-6-3-7-11-15/h2-12,21H,1H3/p+1. The fourth-order valence-electron chi connectivity index (χ4n) is 1.69. The lowest BCUT2D eigenvalue weighted by atomic mass is 10.1. The van der Waals surface area contributed by atoms with Gasteiger partial charge in [-0.05, 0) is 0 Å². The summed E-state index contributed by atoms with van der Waals surface area (Å²) in [7, 11) is 0. The van der Waals surface area contributed by atoms with Crippen LogP contribution in [0.3, 0.4) is 0 Å². The number of hydrogen-bond acceptors (Lipinski definition) is 3. The first-order valence-electron chi connectivity index (χ1n) is 6.44. The zero-order chi connectivity index (χ0) is 15.1. The van der Waals surface area contributed by atoms with E-state index in [1.54, 1.807) is 12.1 Å². The Hall–Kier alpha value is -2.95. The Morgan fingerprint density at radius 2 is 1.67 bits per heavy atom. The van der Waals surface area contributed by atoms with Crippen molar-refractivity contribution in [2.24, 2.45) is 5.10 Å². The first-order valence-corrected chi connectivity index (χ1v) is 6.44. The molecule has 0 unspecified atom stereocenters. The van der Waals surface area contributed by atoms with E-state index in [0.29, 0.717) is 11.4 Å². The predicted octanol–water partition coefficient (Wildman–Crippen LogP) is 2.33. The quantitative estimate of drug-likeness (QED) is 0.391. The molecule has 0 saturated heterocycles. The van der Waals surface area contributed by atoms with Crippen LogP contribution in [-0.4, -0.2) is 27.8 Å². The second kappa shape index (κ2) is 7.00. The minimum atomic E-state index is -0.277. The van der Waals surface area contributed by atoms with Gasteiger partial charge in [-0.15, -0.1) is 0 Å². The molecule has 0 aromatic heterocycles. The van der Waals surface area contributed by atoms with Gasteiger partial charge in [-0.3, -0.25) is 10.0 Å². The molecule has 0 aliphatic rings. The van der Waals surface area contributed by atoms with E-state index in [1.807, 2.05) is 48.5 Å². The van der Waals surface area contributed by atoms with Crippen molar-refractivity contribution in [1.29, 1.82) is 0 Å². The van der Waals surface area contributed by atoms with Crippen molar-refractivity contribution in [3.63, 3.8) is 0 Å². The molecule has 21 heavy (non-hydrogen) atoms. The molecule has 0 bridgehead atoms. The van der Waals surface area contributed by atoms with Gasteiger partial charge in [-0.1, -0.05) is 48.5 Å². The summed E-state index contributed by atoms with van der Waals surface area (Å²) >= 11 is 0. The van der Waals surface area contributed by atoms with Crippen molar-refractivity contribution in [3.8, 4) is 0 Å². The molecule has 0 fully saturated rings. The highest BCUT2D eigenvalue weighted by atomic mass is 16.5. The summed E-state index contributed by atoms with van der Waals surface area (Å²) in [6.07, 6.45) is 1.45. The molecule has 5 heteroatoms. The van der Waals surface area contributed by atoms with Crippen LogP contribution in [0, 0.1) is 0 Å². The number of nitrogens with one attached hydrogen (secondary N) is 1. The monoisotopic (exact) mass is 282 g/mol. The van der Waals surface area contributed by atoms with Gasteiger partial charge in [0.1, 0.15) is 0 Å². The van der Waals surface area contributed by atoms with Crippen molar-refractivity contribution < 1.29 is 14.7 Å². The lowest BCUT2D eigenvalue weighted by molar-refractivity contribution is -0.708. The Kier molecular flexibility index (Phi) is 4.82. The maximum atomic E-state index is 11.0. The number of hydrogen-bond donors (Lipinski definition) is 2. The van der Waals surface area contributed by atoms with Crippen LogP contribution in [0.1, 0.15) is 12.5 Å². The molecule has 2 aromatic carbocycles. The smallest absolute Gasteiger partial charge is 0.257 e. The molecule has 2 aromatic rings. The molecule has 0 spiro atoms. The third-order valence-electron chi connectivity index (χ3n) is 2.67. The molecular weight excluding hydrogens is 266 g/mol. The van der Waals surface area contributed by atoms with Crippen molar-refractivity contribution in [2.75, 3.05) is 0 Å². The van der Waals surface area contributed by atoms with Gasteiger partial charge in [-0.2, -0.15) is 5.10 Å². The van der Waals surface area contributed by atoms with Crippen molar-refractivity contribution in [2.45, 2.75) is 6.92 Å². The van der Waals surface area contributed by atoms with Crippen LogP contribution in [0.5, 0.6) is 0 Å². The van der Waals surface area contributed by atoms with Crippen LogP contribution in [0.4, 0.5) is 5.69 Å². The molecule has 0 atom stereocenters. The summed E-state index contributed by atoms with van der Waals surface area (Å²) in [5, 5.41) is 14.1. The fraction of sp³-hybridized carbons (Fsp3) is 0.0625. The molecule has 0 heterocycles.